The van der Waals surface area contributed by atoms with Crippen molar-refractivity contribution in [1.82, 2.24) is 9.97 Å². The molecule has 60 valence electrons. The van der Waals surface area contributed by atoms with Gasteiger partial charge in [0.1, 0.15) is 5.15 Å². The number of hydrogen-bond acceptors (Lipinski definition) is 4. The lowest BCUT2D eigenvalue weighted by atomic mass is 10.8. The van der Waals surface area contributed by atoms with Crippen molar-refractivity contribution in [3.63, 3.8) is 0 Å². The lowest BCUT2D eigenvalue weighted by molar-refractivity contribution is 0.547. The SMILES string of the molecule is O=S(=O)(F)c1cncc(Cl)n1. The molecule has 0 saturated heterocycles. The predicted molar refractivity (Wildman–Crippen MR) is 35.3 cm³/mol. The Morgan fingerprint density at radius 2 is 2.09 bits per heavy atom. The Kier molecular flexibility index (Phi) is 2.05. The third-order valence-electron chi connectivity index (χ3n) is 0.833. The Balaban J connectivity index is 3.28. The van der Waals surface area contributed by atoms with Gasteiger partial charge >= 0.3 is 10.2 Å². The molecule has 0 aliphatic heterocycles. The van der Waals surface area contributed by atoms with E-state index in [1.54, 1.807) is 0 Å². The highest BCUT2D eigenvalue weighted by Gasteiger charge is 2.13. The summed E-state index contributed by atoms with van der Waals surface area (Å²) < 4.78 is 32.4. The summed E-state index contributed by atoms with van der Waals surface area (Å²) in [6.07, 6.45) is 1.89. The van der Waals surface area contributed by atoms with Gasteiger partial charge in [0.15, 0.2) is 0 Å². The van der Waals surface area contributed by atoms with Crippen molar-refractivity contribution in [2.45, 2.75) is 5.03 Å². The molecule has 0 amide bonds. The Hall–Kier alpha value is -0.750. The average Bonchev–Trinajstić information content (AvgIpc) is 1.86. The monoisotopic (exact) mass is 196 g/mol. The van der Waals surface area contributed by atoms with Gasteiger partial charge in [-0.05, 0) is 0 Å². The van der Waals surface area contributed by atoms with Crippen LogP contribution in [0.5, 0.6) is 0 Å². The highest BCUT2D eigenvalue weighted by Crippen LogP contribution is 2.09. The van der Waals surface area contributed by atoms with Crippen LogP contribution in [-0.2, 0) is 10.2 Å². The highest BCUT2D eigenvalue weighted by atomic mass is 35.5. The summed E-state index contributed by atoms with van der Waals surface area (Å²) in [5, 5.41) is -0.936. The van der Waals surface area contributed by atoms with Crippen molar-refractivity contribution >= 4 is 21.8 Å². The fourth-order valence-electron chi connectivity index (χ4n) is 0.443. The molecule has 11 heavy (non-hydrogen) atoms. The minimum absolute atomic E-state index is 0.163. The quantitative estimate of drug-likeness (QED) is 0.623. The van der Waals surface area contributed by atoms with Gasteiger partial charge in [-0.2, -0.15) is 8.42 Å². The van der Waals surface area contributed by atoms with E-state index in [-0.39, 0.29) is 5.15 Å². The van der Waals surface area contributed by atoms with Gasteiger partial charge in [0.25, 0.3) is 0 Å². The molecule has 0 radical (unpaired) electrons. The molecule has 0 atom stereocenters. The molecule has 0 unspecified atom stereocenters. The fourth-order valence-corrected chi connectivity index (χ4v) is 1.03. The zero-order valence-corrected chi connectivity index (χ0v) is 6.60. The molecule has 0 aliphatic carbocycles. The van der Waals surface area contributed by atoms with E-state index in [1.807, 2.05) is 0 Å². The van der Waals surface area contributed by atoms with E-state index in [0.717, 1.165) is 12.4 Å². The summed E-state index contributed by atoms with van der Waals surface area (Å²) in [4.78, 5) is 6.52. The molecule has 1 aromatic rings. The van der Waals surface area contributed by atoms with Crippen molar-refractivity contribution in [2.75, 3.05) is 0 Å². The fraction of sp³-hybridized carbons (Fsp3) is 0. The van der Waals surface area contributed by atoms with Crippen LogP contribution < -0.4 is 0 Å². The van der Waals surface area contributed by atoms with E-state index in [1.165, 1.54) is 0 Å². The van der Waals surface area contributed by atoms with Crippen molar-refractivity contribution in [3.8, 4) is 0 Å². The van der Waals surface area contributed by atoms with Gasteiger partial charge in [-0.25, -0.2) is 4.98 Å². The second-order valence-electron chi connectivity index (χ2n) is 1.62. The van der Waals surface area contributed by atoms with Crippen molar-refractivity contribution in [2.24, 2.45) is 0 Å². The number of halogens is 2. The summed E-state index contributed by atoms with van der Waals surface area (Å²) >= 11 is 5.25. The van der Waals surface area contributed by atoms with Gasteiger partial charge in [0.2, 0.25) is 5.03 Å². The predicted octanol–water partition coefficient (Wildman–Crippen LogP) is 0.788. The first kappa shape index (κ1) is 8.35. The van der Waals surface area contributed by atoms with Crippen LogP contribution in [0.3, 0.4) is 0 Å². The largest absolute Gasteiger partial charge is 0.351 e. The second kappa shape index (κ2) is 2.71. The second-order valence-corrected chi connectivity index (χ2v) is 3.30. The molecule has 1 aromatic heterocycles. The number of aromatic nitrogens is 2. The van der Waals surface area contributed by atoms with E-state index in [4.69, 9.17) is 11.6 Å². The maximum atomic E-state index is 12.1. The molecule has 0 spiro atoms. The topological polar surface area (TPSA) is 59.9 Å². The van der Waals surface area contributed by atoms with Gasteiger partial charge in [-0.3, -0.25) is 4.98 Å². The first-order valence-corrected chi connectivity index (χ1v) is 4.18. The summed E-state index contributed by atoms with van der Waals surface area (Å²) in [6, 6.07) is 0. The lowest BCUT2D eigenvalue weighted by Gasteiger charge is -1.91. The van der Waals surface area contributed by atoms with Crippen LogP contribution in [0.25, 0.3) is 0 Å². The molecule has 1 rings (SSSR count). The normalized spacial score (nSPS) is 11.5. The van der Waals surface area contributed by atoms with Gasteiger partial charge in [0, 0.05) is 0 Å². The molecule has 0 bridgehead atoms. The molecule has 0 saturated carbocycles. The molecule has 0 fully saturated rings. The Morgan fingerprint density at radius 3 is 2.45 bits per heavy atom. The zero-order chi connectivity index (χ0) is 8.48. The Labute approximate surface area is 67.3 Å². The Morgan fingerprint density at radius 1 is 1.45 bits per heavy atom. The Bertz CT molecular complexity index is 366. The molecule has 0 aromatic carbocycles. The molecular weight excluding hydrogens is 195 g/mol. The van der Waals surface area contributed by atoms with E-state index in [0.29, 0.717) is 0 Å². The maximum Gasteiger partial charge on any atom is 0.351 e. The van der Waals surface area contributed by atoms with Crippen LogP contribution in [0, 0.1) is 0 Å². The maximum absolute atomic E-state index is 12.1. The third kappa shape index (κ3) is 2.09. The van der Waals surface area contributed by atoms with Crippen LogP contribution in [-0.4, -0.2) is 18.4 Å². The van der Waals surface area contributed by atoms with Gasteiger partial charge in [0.05, 0.1) is 12.4 Å². The standard InChI is InChI=1S/C4H2ClFN2O2S/c5-3-1-7-2-4(8-3)11(6,9)10/h1-2H. The lowest BCUT2D eigenvalue weighted by Crippen LogP contribution is -1.96. The van der Waals surface area contributed by atoms with Crippen LogP contribution in [0.4, 0.5) is 3.89 Å². The van der Waals surface area contributed by atoms with Crippen molar-refractivity contribution in [1.29, 1.82) is 0 Å². The van der Waals surface area contributed by atoms with Crippen LogP contribution in [0.2, 0.25) is 5.15 Å². The van der Waals surface area contributed by atoms with Gasteiger partial charge < -0.3 is 0 Å². The minimum Gasteiger partial charge on any atom is -0.258 e. The van der Waals surface area contributed by atoms with E-state index < -0.39 is 15.2 Å². The van der Waals surface area contributed by atoms with E-state index in [2.05, 4.69) is 9.97 Å². The van der Waals surface area contributed by atoms with Crippen LogP contribution in [0.15, 0.2) is 17.4 Å². The molecular formula is C4H2ClFN2O2S. The van der Waals surface area contributed by atoms with Crippen LogP contribution in [0.1, 0.15) is 0 Å². The van der Waals surface area contributed by atoms with E-state index in [9.17, 15) is 12.3 Å². The first-order valence-electron chi connectivity index (χ1n) is 2.42. The smallest absolute Gasteiger partial charge is 0.258 e. The van der Waals surface area contributed by atoms with Crippen molar-refractivity contribution in [3.05, 3.63) is 17.5 Å². The zero-order valence-electron chi connectivity index (χ0n) is 5.03. The molecule has 4 nitrogen and oxygen atoms in total. The first-order chi connectivity index (χ1) is 5.00. The molecule has 1 heterocycles. The minimum atomic E-state index is -4.78. The van der Waals surface area contributed by atoms with E-state index >= 15 is 0 Å². The molecule has 0 aliphatic rings. The average molecular weight is 197 g/mol. The number of hydrogen-bond donors (Lipinski definition) is 0. The van der Waals surface area contributed by atoms with Crippen molar-refractivity contribution < 1.29 is 12.3 Å². The summed E-state index contributed by atoms with van der Waals surface area (Å²) in [7, 11) is -4.78. The third-order valence-corrected chi connectivity index (χ3v) is 1.71. The summed E-state index contributed by atoms with van der Waals surface area (Å²) in [5.74, 6) is 0. The summed E-state index contributed by atoms with van der Waals surface area (Å²) in [6.45, 7) is 0. The van der Waals surface area contributed by atoms with Gasteiger partial charge in [-0.1, -0.05) is 15.5 Å². The van der Waals surface area contributed by atoms with Gasteiger partial charge in [-0.15, -0.1) is 0 Å². The summed E-state index contributed by atoms with van der Waals surface area (Å²) in [5.41, 5.74) is 0. The van der Waals surface area contributed by atoms with Crippen LogP contribution >= 0.6 is 11.6 Å². The number of nitrogens with zero attached hydrogens (tertiary/aromatic N) is 2. The highest BCUT2D eigenvalue weighted by molar-refractivity contribution is 7.86. The molecule has 7 heteroatoms. The number of rotatable bonds is 1. The molecule has 0 N–H and O–H groups in total.